The smallest absolute Gasteiger partial charge is 0.229 e. The summed E-state index contributed by atoms with van der Waals surface area (Å²) in [5.41, 5.74) is 0.813. The molecule has 0 aliphatic rings. The Morgan fingerprint density at radius 1 is 1.00 bits per heavy atom. The van der Waals surface area contributed by atoms with Gasteiger partial charge in [0.25, 0.3) is 0 Å². The van der Waals surface area contributed by atoms with Gasteiger partial charge in [-0.25, -0.2) is 8.42 Å². The predicted molar refractivity (Wildman–Crippen MR) is 108 cm³/mol. The molecule has 2 N–H and O–H groups in total. The van der Waals surface area contributed by atoms with Crippen molar-refractivity contribution in [3.05, 3.63) is 42.5 Å². The zero-order valence-electron chi connectivity index (χ0n) is 16.0. The van der Waals surface area contributed by atoms with E-state index in [1.807, 2.05) is 0 Å². The average molecular weight is 408 g/mol. The Balaban J connectivity index is 1.81. The van der Waals surface area contributed by atoms with Crippen LogP contribution in [0.25, 0.3) is 0 Å². The second-order valence-corrected chi connectivity index (χ2v) is 7.71. The third-order valence-corrected chi connectivity index (χ3v) is 4.25. The van der Waals surface area contributed by atoms with Crippen LogP contribution in [0.15, 0.2) is 42.5 Å². The maximum atomic E-state index is 12.1. The molecule has 0 radical (unpaired) electrons. The van der Waals surface area contributed by atoms with Crippen LogP contribution in [0, 0.1) is 0 Å². The Kier molecular flexibility index (Phi) is 7.51. The number of rotatable bonds is 10. The lowest BCUT2D eigenvalue weighted by Crippen LogP contribution is -2.14. The summed E-state index contributed by atoms with van der Waals surface area (Å²) in [6, 6.07) is 11.9. The van der Waals surface area contributed by atoms with Crippen LogP contribution in [-0.2, 0) is 14.8 Å². The number of sulfonamides is 1. The molecule has 0 saturated heterocycles. The molecule has 152 valence electrons. The summed E-state index contributed by atoms with van der Waals surface area (Å²) in [6.45, 7) is 0.403. The van der Waals surface area contributed by atoms with E-state index in [-0.39, 0.29) is 12.3 Å². The van der Waals surface area contributed by atoms with E-state index >= 15 is 0 Å². The molecular formula is C19H24N2O6S. The fraction of sp³-hybridized carbons (Fsp3) is 0.316. The van der Waals surface area contributed by atoms with E-state index in [1.54, 1.807) is 43.5 Å². The van der Waals surface area contributed by atoms with Gasteiger partial charge in [-0.2, -0.15) is 0 Å². The summed E-state index contributed by atoms with van der Waals surface area (Å²) in [4.78, 5) is 12.1. The molecule has 0 aliphatic carbocycles. The minimum absolute atomic E-state index is 0.177. The quantitative estimate of drug-likeness (QED) is 0.586. The Bertz CT molecular complexity index is 897. The molecule has 0 bridgehead atoms. The molecule has 0 atom stereocenters. The molecule has 9 heteroatoms. The molecule has 2 rings (SSSR count). The third-order valence-electron chi connectivity index (χ3n) is 3.66. The van der Waals surface area contributed by atoms with Crippen LogP contribution in [-0.4, -0.2) is 41.4 Å². The fourth-order valence-corrected chi connectivity index (χ4v) is 2.94. The molecule has 2 aromatic rings. The molecule has 28 heavy (non-hydrogen) atoms. The predicted octanol–water partition coefficient (Wildman–Crippen LogP) is 2.87. The minimum Gasteiger partial charge on any atom is -0.497 e. The Hall–Kier alpha value is -2.94. The molecule has 2 aromatic carbocycles. The van der Waals surface area contributed by atoms with Crippen molar-refractivity contribution in [3.8, 4) is 17.2 Å². The van der Waals surface area contributed by atoms with Crippen LogP contribution in [0.4, 0.5) is 11.4 Å². The second kappa shape index (κ2) is 9.84. The van der Waals surface area contributed by atoms with Crippen molar-refractivity contribution >= 4 is 27.3 Å². The van der Waals surface area contributed by atoms with E-state index in [0.717, 1.165) is 12.0 Å². The monoisotopic (exact) mass is 408 g/mol. The van der Waals surface area contributed by atoms with Gasteiger partial charge in [-0.1, -0.05) is 0 Å². The van der Waals surface area contributed by atoms with Crippen molar-refractivity contribution in [1.29, 1.82) is 0 Å². The van der Waals surface area contributed by atoms with Crippen LogP contribution >= 0.6 is 0 Å². The number of benzene rings is 2. The van der Waals surface area contributed by atoms with Gasteiger partial charge in [-0.3, -0.25) is 9.52 Å². The topological polar surface area (TPSA) is 103 Å². The SMILES string of the molecule is COc1ccc(OCCCC(=O)Nc2ccc(NS(C)(=O)=O)c(OC)c2)cc1. The van der Waals surface area contributed by atoms with E-state index < -0.39 is 10.0 Å². The molecule has 0 aliphatic heterocycles. The molecule has 0 fully saturated rings. The normalized spacial score (nSPS) is 10.8. The number of anilines is 2. The maximum Gasteiger partial charge on any atom is 0.229 e. The Morgan fingerprint density at radius 2 is 1.68 bits per heavy atom. The highest BCUT2D eigenvalue weighted by Gasteiger charge is 2.10. The summed E-state index contributed by atoms with van der Waals surface area (Å²) in [5, 5.41) is 2.75. The zero-order valence-corrected chi connectivity index (χ0v) is 16.8. The van der Waals surface area contributed by atoms with Gasteiger partial charge in [0.1, 0.15) is 17.2 Å². The van der Waals surface area contributed by atoms with Crippen molar-refractivity contribution in [1.82, 2.24) is 0 Å². The summed E-state index contributed by atoms with van der Waals surface area (Å²) in [6.07, 6.45) is 1.88. The van der Waals surface area contributed by atoms with E-state index in [4.69, 9.17) is 14.2 Å². The van der Waals surface area contributed by atoms with Gasteiger partial charge in [0.15, 0.2) is 0 Å². The number of amides is 1. The largest absolute Gasteiger partial charge is 0.497 e. The Labute approximate surface area is 164 Å². The summed E-state index contributed by atoms with van der Waals surface area (Å²) >= 11 is 0. The van der Waals surface area contributed by atoms with Crippen LogP contribution in [0.3, 0.4) is 0 Å². The summed E-state index contributed by atoms with van der Waals surface area (Å²) < 4.78 is 40.9. The average Bonchev–Trinajstić information content (AvgIpc) is 2.66. The van der Waals surface area contributed by atoms with Crippen LogP contribution < -0.4 is 24.2 Å². The maximum absolute atomic E-state index is 12.1. The molecule has 0 saturated carbocycles. The van der Waals surface area contributed by atoms with E-state index in [1.165, 1.54) is 13.2 Å². The van der Waals surface area contributed by atoms with Crippen molar-refractivity contribution in [2.24, 2.45) is 0 Å². The first kappa shape index (κ1) is 21.4. The third kappa shape index (κ3) is 6.99. The van der Waals surface area contributed by atoms with Crippen molar-refractivity contribution in [2.75, 3.05) is 37.1 Å². The standard InChI is InChI=1S/C19H24N2O6S/c1-25-15-7-9-16(10-8-15)27-12-4-5-19(22)20-14-6-11-17(18(13-14)26-2)21-28(3,23)24/h6-11,13,21H,4-5,12H2,1-3H3,(H,20,22). The van der Waals surface area contributed by atoms with Crippen LogP contribution in [0.1, 0.15) is 12.8 Å². The van der Waals surface area contributed by atoms with E-state index in [2.05, 4.69) is 10.0 Å². The lowest BCUT2D eigenvalue weighted by molar-refractivity contribution is -0.116. The number of nitrogens with one attached hydrogen (secondary N) is 2. The summed E-state index contributed by atoms with van der Waals surface area (Å²) in [7, 11) is -0.407. The molecule has 0 heterocycles. The Morgan fingerprint density at radius 3 is 2.29 bits per heavy atom. The molecule has 0 unspecified atom stereocenters. The fourth-order valence-electron chi connectivity index (χ4n) is 2.37. The highest BCUT2D eigenvalue weighted by molar-refractivity contribution is 7.92. The first-order chi connectivity index (χ1) is 13.3. The van der Waals surface area contributed by atoms with Crippen LogP contribution in [0.2, 0.25) is 0 Å². The minimum atomic E-state index is -3.43. The zero-order chi connectivity index (χ0) is 20.6. The van der Waals surface area contributed by atoms with Crippen LogP contribution in [0.5, 0.6) is 17.2 Å². The highest BCUT2D eigenvalue weighted by atomic mass is 32.2. The number of hydrogen-bond acceptors (Lipinski definition) is 6. The van der Waals surface area contributed by atoms with Crippen molar-refractivity contribution < 1.29 is 27.4 Å². The van der Waals surface area contributed by atoms with Gasteiger partial charge in [0.05, 0.1) is 32.8 Å². The summed E-state index contributed by atoms with van der Waals surface area (Å²) in [5.74, 6) is 1.59. The van der Waals surface area contributed by atoms with Gasteiger partial charge in [-0.15, -0.1) is 0 Å². The number of ether oxygens (including phenoxy) is 3. The van der Waals surface area contributed by atoms with Gasteiger partial charge in [0, 0.05) is 18.2 Å². The van der Waals surface area contributed by atoms with Gasteiger partial charge < -0.3 is 19.5 Å². The molecule has 1 amide bonds. The number of carbonyl (C=O) groups excluding carboxylic acids is 1. The first-order valence-electron chi connectivity index (χ1n) is 8.53. The number of methoxy groups -OCH3 is 2. The molecule has 0 spiro atoms. The van der Waals surface area contributed by atoms with Crippen molar-refractivity contribution in [3.63, 3.8) is 0 Å². The number of hydrogen-bond donors (Lipinski definition) is 2. The van der Waals surface area contributed by atoms with Crippen molar-refractivity contribution in [2.45, 2.75) is 12.8 Å². The molecular weight excluding hydrogens is 384 g/mol. The van der Waals surface area contributed by atoms with Gasteiger partial charge >= 0.3 is 0 Å². The highest BCUT2D eigenvalue weighted by Crippen LogP contribution is 2.28. The van der Waals surface area contributed by atoms with Gasteiger partial charge in [-0.05, 0) is 42.8 Å². The van der Waals surface area contributed by atoms with E-state index in [9.17, 15) is 13.2 Å². The molecule has 8 nitrogen and oxygen atoms in total. The first-order valence-corrected chi connectivity index (χ1v) is 10.4. The lowest BCUT2D eigenvalue weighted by atomic mass is 10.2. The van der Waals surface area contributed by atoms with E-state index in [0.29, 0.717) is 35.9 Å². The number of carbonyl (C=O) groups is 1. The molecule has 0 aromatic heterocycles. The second-order valence-electron chi connectivity index (χ2n) is 5.97. The van der Waals surface area contributed by atoms with Gasteiger partial charge in [0.2, 0.25) is 15.9 Å². The lowest BCUT2D eigenvalue weighted by Gasteiger charge is -2.12.